The van der Waals surface area contributed by atoms with E-state index in [2.05, 4.69) is 13.2 Å². The first-order chi connectivity index (χ1) is 4.70. The monoisotopic (exact) mass is 139 g/mol. The van der Waals surface area contributed by atoms with Crippen molar-refractivity contribution in [3.8, 4) is 0 Å². The Morgan fingerprint density at radius 2 is 2.20 bits per heavy atom. The number of hydrogen-bond acceptors (Lipinski definition) is 1. The smallest absolute Gasteiger partial charge is 0.221 e. The first kappa shape index (κ1) is 8.69. The van der Waals surface area contributed by atoms with Crippen molar-refractivity contribution in [2.24, 2.45) is 5.73 Å². The molecule has 0 aliphatic rings. The Kier molecular flexibility index (Phi) is 3.96. The van der Waals surface area contributed by atoms with Gasteiger partial charge < -0.3 is 5.73 Å². The van der Waals surface area contributed by atoms with Crippen molar-refractivity contribution in [3.63, 3.8) is 0 Å². The molecule has 0 aromatic heterocycles. The minimum absolute atomic E-state index is 0. The van der Waals surface area contributed by atoms with Crippen LogP contribution in [-0.2, 0) is 4.79 Å². The van der Waals surface area contributed by atoms with E-state index in [1.165, 1.54) is 0 Å². The standard InChI is InChI=1S/C8H11NO.H2/c1-3-5-7(4-2)6-8(9)10;/h3-5H,1-2,6H2,(H2,9,10);1H/b7-5+;. The molecule has 0 atom stereocenters. The van der Waals surface area contributed by atoms with Gasteiger partial charge in [0.25, 0.3) is 0 Å². The van der Waals surface area contributed by atoms with E-state index in [4.69, 9.17) is 5.73 Å². The van der Waals surface area contributed by atoms with E-state index in [9.17, 15) is 4.79 Å². The molecule has 0 aliphatic carbocycles. The largest absolute Gasteiger partial charge is 0.369 e. The van der Waals surface area contributed by atoms with Gasteiger partial charge in [-0.05, 0) is 5.57 Å². The first-order valence-electron chi connectivity index (χ1n) is 2.93. The Morgan fingerprint density at radius 3 is 2.50 bits per heavy atom. The molecule has 0 spiro atoms. The highest BCUT2D eigenvalue weighted by Gasteiger charge is 1.94. The number of carbonyl (C=O) groups is 1. The van der Waals surface area contributed by atoms with Crippen LogP contribution in [0.5, 0.6) is 0 Å². The number of nitrogens with two attached hydrogens (primary N) is 1. The second-order valence-electron chi connectivity index (χ2n) is 1.82. The number of hydrogen-bond donors (Lipinski definition) is 1. The topological polar surface area (TPSA) is 43.1 Å². The number of amides is 1. The maximum Gasteiger partial charge on any atom is 0.221 e. The fraction of sp³-hybridized carbons (Fsp3) is 0.125. The third-order valence-electron chi connectivity index (χ3n) is 0.972. The van der Waals surface area contributed by atoms with Crippen LogP contribution < -0.4 is 5.73 Å². The van der Waals surface area contributed by atoms with Crippen LogP contribution in [0.15, 0.2) is 37.0 Å². The van der Waals surface area contributed by atoms with Crippen LogP contribution in [-0.4, -0.2) is 5.91 Å². The molecule has 0 heterocycles. The summed E-state index contributed by atoms with van der Waals surface area (Å²) in [6, 6.07) is 0. The van der Waals surface area contributed by atoms with Crippen molar-refractivity contribution in [1.29, 1.82) is 0 Å². The van der Waals surface area contributed by atoms with Crippen LogP contribution in [0.2, 0.25) is 0 Å². The van der Waals surface area contributed by atoms with Crippen molar-refractivity contribution in [2.45, 2.75) is 6.42 Å². The van der Waals surface area contributed by atoms with Crippen LogP contribution in [0.1, 0.15) is 7.85 Å². The third kappa shape index (κ3) is 3.66. The highest BCUT2D eigenvalue weighted by molar-refractivity contribution is 5.77. The van der Waals surface area contributed by atoms with Crippen LogP contribution >= 0.6 is 0 Å². The summed E-state index contributed by atoms with van der Waals surface area (Å²) in [6.07, 6.45) is 5.12. The van der Waals surface area contributed by atoms with Crippen LogP contribution in [0.3, 0.4) is 0 Å². The zero-order valence-corrected chi connectivity index (χ0v) is 5.84. The fourth-order valence-corrected chi connectivity index (χ4v) is 0.552. The molecular weight excluding hydrogens is 126 g/mol. The van der Waals surface area contributed by atoms with E-state index in [0.717, 1.165) is 5.57 Å². The normalized spacial score (nSPS) is 10.6. The lowest BCUT2D eigenvalue weighted by Crippen LogP contribution is -2.10. The molecule has 10 heavy (non-hydrogen) atoms. The number of rotatable bonds is 4. The minimum atomic E-state index is -0.354. The summed E-state index contributed by atoms with van der Waals surface area (Å²) in [4.78, 5) is 10.3. The predicted octanol–water partition coefficient (Wildman–Crippen LogP) is 1.41. The van der Waals surface area contributed by atoms with E-state index in [0.29, 0.717) is 0 Å². The number of allylic oxidation sites excluding steroid dienone is 3. The molecule has 56 valence electrons. The van der Waals surface area contributed by atoms with Crippen LogP contribution in [0.25, 0.3) is 0 Å². The summed E-state index contributed by atoms with van der Waals surface area (Å²) >= 11 is 0. The van der Waals surface area contributed by atoms with Crippen LogP contribution in [0, 0.1) is 0 Å². The second-order valence-corrected chi connectivity index (χ2v) is 1.82. The zero-order valence-electron chi connectivity index (χ0n) is 5.84. The Balaban J connectivity index is 0. The highest BCUT2D eigenvalue weighted by atomic mass is 16.1. The molecule has 1 amide bonds. The van der Waals surface area contributed by atoms with Gasteiger partial charge >= 0.3 is 0 Å². The summed E-state index contributed by atoms with van der Waals surface area (Å²) < 4.78 is 0. The highest BCUT2D eigenvalue weighted by Crippen LogP contribution is 2.00. The van der Waals surface area contributed by atoms with Gasteiger partial charge in [0.15, 0.2) is 0 Å². The maximum absolute atomic E-state index is 10.3. The van der Waals surface area contributed by atoms with Crippen molar-refractivity contribution < 1.29 is 6.22 Å². The molecule has 0 radical (unpaired) electrons. The van der Waals surface area contributed by atoms with Gasteiger partial charge in [-0.25, -0.2) is 0 Å². The van der Waals surface area contributed by atoms with Gasteiger partial charge in [0, 0.05) is 1.43 Å². The zero-order chi connectivity index (χ0) is 7.98. The molecule has 2 heteroatoms. The van der Waals surface area contributed by atoms with E-state index in [-0.39, 0.29) is 13.8 Å². The van der Waals surface area contributed by atoms with Gasteiger partial charge in [-0.2, -0.15) is 0 Å². The Labute approximate surface area is 62.2 Å². The molecule has 0 unspecified atom stereocenters. The predicted molar refractivity (Wildman–Crippen MR) is 44.4 cm³/mol. The molecular formula is C8H13NO. The summed E-state index contributed by atoms with van der Waals surface area (Å²) in [5.41, 5.74) is 5.73. The number of primary amides is 1. The second kappa shape index (κ2) is 4.56. The Hall–Kier alpha value is -1.31. The van der Waals surface area contributed by atoms with Gasteiger partial charge in [-0.3, -0.25) is 4.79 Å². The molecule has 0 fully saturated rings. The molecule has 2 N–H and O–H groups in total. The SMILES string of the molecule is C=C/C=C(\C=C)CC(N)=O.[HH]. The van der Waals surface area contributed by atoms with Crippen molar-refractivity contribution in [3.05, 3.63) is 37.0 Å². The third-order valence-corrected chi connectivity index (χ3v) is 0.972. The van der Waals surface area contributed by atoms with E-state index in [1.807, 2.05) is 0 Å². The first-order valence-corrected chi connectivity index (χ1v) is 2.93. The fourth-order valence-electron chi connectivity index (χ4n) is 0.552. The van der Waals surface area contributed by atoms with Crippen molar-refractivity contribution in [2.75, 3.05) is 0 Å². The lowest BCUT2D eigenvalue weighted by molar-refractivity contribution is -0.117. The van der Waals surface area contributed by atoms with Gasteiger partial charge in [0.05, 0.1) is 6.42 Å². The molecule has 2 nitrogen and oxygen atoms in total. The van der Waals surface area contributed by atoms with E-state index < -0.39 is 0 Å². The minimum Gasteiger partial charge on any atom is -0.369 e. The summed E-state index contributed by atoms with van der Waals surface area (Å²) in [7, 11) is 0. The Bertz CT molecular complexity index is 185. The average Bonchev–Trinajstić information content (AvgIpc) is 1.86. The van der Waals surface area contributed by atoms with E-state index in [1.54, 1.807) is 18.2 Å². The lowest BCUT2D eigenvalue weighted by atomic mass is 10.1. The van der Waals surface area contributed by atoms with E-state index >= 15 is 0 Å². The lowest BCUT2D eigenvalue weighted by Gasteiger charge is -1.93. The van der Waals surface area contributed by atoms with Gasteiger partial charge in [0.2, 0.25) is 5.91 Å². The molecule has 0 saturated carbocycles. The summed E-state index contributed by atoms with van der Waals surface area (Å²) in [5.74, 6) is -0.354. The molecule has 0 aromatic carbocycles. The van der Waals surface area contributed by atoms with Gasteiger partial charge in [0.1, 0.15) is 0 Å². The molecule has 0 rings (SSSR count). The average molecular weight is 139 g/mol. The maximum atomic E-state index is 10.3. The molecule has 0 aromatic rings. The van der Waals surface area contributed by atoms with Crippen molar-refractivity contribution >= 4 is 5.91 Å². The Morgan fingerprint density at radius 1 is 1.60 bits per heavy atom. The molecule has 0 saturated heterocycles. The summed E-state index contributed by atoms with van der Waals surface area (Å²) in [6.45, 7) is 6.99. The van der Waals surface area contributed by atoms with Gasteiger partial charge in [-0.1, -0.05) is 31.4 Å². The van der Waals surface area contributed by atoms with Gasteiger partial charge in [-0.15, -0.1) is 0 Å². The van der Waals surface area contributed by atoms with Crippen molar-refractivity contribution in [1.82, 2.24) is 0 Å². The van der Waals surface area contributed by atoms with Crippen LogP contribution in [0.4, 0.5) is 0 Å². The number of carbonyl (C=O) groups excluding carboxylic acids is 1. The quantitative estimate of drug-likeness (QED) is 0.588. The molecule has 0 aliphatic heterocycles. The summed E-state index contributed by atoms with van der Waals surface area (Å²) in [5, 5.41) is 0. The molecule has 0 bridgehead atoms.